The van der Waals surface area contributed by atoms with Gasteiger partial charge in [-0.3, -0.25) is 0 Å². The summed E-state index contributed by atoms with van der Waals surface area (Å²) in [5, 5.41) is 15.7. The van der Waals surface area contributed by atoms with Gasteiger partial charge in [0.25, 0.3) is 0 Å². The van der Waals surface area contributed by atoms with Crippen molar-refractivity contribution in [1.82, 2.24) is 25.5 Å². The van der Waals surface area contributed by atoms with Crippen molar-refractivity contribution in [3.05, 3.63) is 5.82 Å². The number of nitrogens with zero attached hydrogens (tertiary/aromatic N) is 4. The number of nitrogens with one attached hydrogen (secondary N) is 1. The first kappa shape index (κ1) is 9.58. The SMILES string of the molecule is CCC1(Cc2nnn(C)n2)CCCN1. The molecule has 1 unspecified atom stereocenters. The normalized spacial score (nSPS) is 27.0. The Morgan fingerprint density at radius 2 is 2.43 bits per heavy atom. The average Bonchev–Trinajstić information content (AvgIpc) is 2.77. The number of rotatable bonds is 3. The van der Waals surface area contributed by atoms with Gasteiger partial charge in [-0.1, -0.05) is 6.92 Å². The fourth-order valence-electron chi connectivity index (χ4n) is 2.14. The molecule has 1 aromatic heterocycles. The molecule has 2 heterocycles. The number of tetrazole rings is 1. The Bertz CT molecular complexity index is 300. The maximum Gasteiger partial charge on any atom is 0.176 e. The lowest BCUT2D eigenvalue weighted by atomic mass is 9.90. The van der Waals surface area contributed by atoms with E-state index < -0.39 is 0 Å². The quantitative estimate of drug-likeness (QED) is 0.753. The zero-order chi connectivity index (χ0) is 10.0. The number of hydrogen-bond donors (Lipinski definition) is 1. The molecule has 0 spiro atoms. The van der Waals surface area contributed by atoms with Crippen LogP contribution in [0.15, 0.2) is 0 Å². The van der Waals surface area contributed by atoms with Crippen molar-refractivity contribution < 1.29 is 0 Å². The molecule has 0 radical (unpaired) electrons. The predicted octanol–water partition coefficient (Wildman–Crippen LogP) is 0.285. The second-order valence-corrected chi connectivity index (χ2v) is 4.04. The lowest BCUT2D eigenvalue weighted by molar-refractivity contribution is 0.352. The summed E-state index contributed by atoms with van der Waals surface area (Å²) in [4.78, 5) is 1.52. The molecule has 2 rings (SSSR count). The van der Waals surface area contributed by atoms with E-state index in [2.05, 4.69) is 27.7 Å². The van der Waals surface area contributed by atoms with E-state index in [1.54, 1.807) is 7.05 Å². The van der Waals surface area contributed by atoms with Gasteiger partial charge < -0.3 is 5.32 Å². The summed E-state index contributed by atoms with van der Waals surface area (Å²) in [7, 11) is 1.80. The molecule has 5 heteroatoms. The highest BCUT2D eigenvalue weighted by Crippen LogP contribution is 2.25. The van der Waals surface area contributed by atoms with Gasteiger partial charge in [-0.15, -0.1) is 10.2 Å². The van der Waals surface area contributed by atoms with Crippen LogP contribution < -0.4 is 5.32 Å². The van der Waals surface area contributed by atoms with E-state index in [0.29, 0.717) is 0 Å². The third-order valence-electron chi connectivity index (χ3n) is 3.06. The van der Waals surface area contributed by atoms with E-state index in [1.165, 1.54) is 17.6 Å². The molecule has 1 N–H and O–H groups in total. The molecule has 1 saturated heterocycles. The lowest BCUT2D eigenvalue weighted by Crippen LogP contribution is -2.41. The molecule has 0 amide bonds. The number of aryl methyl sites for hydroxylation is 1. The minimum atomic E-state index is 0.225. The Hall–Kier alpha value is -0.970. The monoisotopic (exact) mass is 195 g/mol. The van der Waals surface area contributed by atoms with Gasteiger partial charge in [0.1, 0.15) is 0 Å². The molecule has 14 heavy (non-hydrogen) atoms. The van der Waals surface area contributed by atoms with E-state index in [9.17, 15) is 0 Å². The average molecular weight is 195 g/mol. The standard InChI is InChI=1S/C9H17N5/c1-3-9(5-4-6-10-9)7-8-11-13-14(2)12-8/h10H,3-7H2,1-2H3. The summed E-state index contributed by atoms with van der Waals surface area (Å²) >= 11 is 0. The molecule has 78 valence electrons. The summed E-state index contributed by atoms with van der Waals surface area (Å²) in [5.41, 5.74) is 0.225. The van der Waals surface area contributed by atoms with Gasteiger partial charge in [-0.2, -0.15) is 4.80 Å². The van der Waals surface area contributed by atoms with Gasteiger partial charge >= 0.3 is 0 Å². The van der Waals surface area contributed by atoms with E-state index in [1.807, 2.05) is 0 Å². The highest BCUT2D eigenvalue weighted by molar-refractivity contribution is 4.99. The fourth-order valence-corrected chi connectivity index (χ4v) is 2.14. The summed E-state index contributed by atoms with van der Waals surface area (Å²) < 4.78 is 0. The molecule has 0 saturated carbocycles. The molecule has 0 aliphatic carbocycles. The maximum atomic E-state index is 4.22. The maximum absolute atomic E-state index is 4.22. The molecule has 1 aliphatic rings. The Balaban J connectivity index is 2.08. The summed E-state index contributed by atoms with van der Waals surface area (Å²) in [6.45, 7) is 3.34. The third-order valence-corrected chi connectivity index (χ3v) is 3.06. The molecule has 1 aromatic rings. The van der Waals surface area contributed by atoms with E-state index in [0.717, 1.165) is 25.2 Å². The minimum absolute atomic E-state index is 0.225. The molecular weight excluding hydrogens is 178 g/mol. The number of hydrogen-bond acceptors (Lipinski definition) is 4. The Labute approximate surface area is 83.9 Å². The van der Waals surface area contributed by atoms with Crippen LogP contribution in [0.2, 0.25) is 0 Å². The molecule has 1 atom stereocenters. The second-order valence-electron chi connectivity index (χ2n) is 4.04. The van der Waals surface area contributed by atoms with Crippen LogP contribution in [0.4, 0.5) is 0 Å². The highest BCUT2D eigenvalue weighted by Gasteiger charge is 2.32. The summed E-state index contributed by atoms with van der Waals surface area (Å²) in [6, 6.07) is 0. The minimum Gasteiger partial charge on any atom is -0.311 e. The smallest absolute Gasteiger partial charge is 0.176 e. The van der Waals surface area contributed by atoms with Crippen LogP contribution in [0.25, 0.3) is 0 Å². The van der Waals surface area contributed by atoms with Crippen LogP contribution in [-0.2, 0) is 13.5 Å². The summed E-state index contributed by atoms with van der Waals surface area (Å²) in [5.74, 6) is 0.851. The topological polar surface area (TPSA) is 55.6 Å². The zero-order valence-electron chi connectivity index (χ0n) is 8.82. The van der Waals surface area contributed by atoms with Crippen molar-refractivity contribution >= 4 is 0 Å². The van der Waals surface area contributed by atoms with Crippen molar-refractivity contribution in [2.24, 2.45) is 7.05 Å². The van der Waals surface area contributed by atoms with Crippen molar-refractivity contribution in [2.45, 2.75) is 38.1 Å². The molecule has 5 nitrogen and oxygen atoms in total. The van der Waals surface area contributed by atoms with Crippen molar-refractivity contribution in [3.63, 3.8) is 0 Å². The molecule has 0 bridgehead atoms. The van der Waals surface area contributed by atoms with E-state index in [4.69, 9.17) is 0 Å². The second kappa shape index (κ2) is 3.65. The van der Waals surface area contributed by atoms with Crippen LogP contribution in [0.5, 0.6) is 0 Å². The van der Waals surface area contributed by atoms with Gasteiger partial charge in [0.2, 0.25) is 0 Å². The van der Waals surface area contributed by atoms with Crippen LogP contribution in [-0.4, -0.2) is 32.3 Å². The van der Waals surface area contributed by atoms with Gasteiger partial charge in [0.15, 0.2) is 5.82 Å². The highest BCUT2D eigenvalue weighted by atomic mass is 15.6. The first-order valence-corrected chi connectivity index (χ1v) is 5.22. The zero-order valence-corrected chi connectivity index (χ0v) is 8.82. The fraction of sp³-hybridized carbons (Fsp3) is 0.889. The van der Waals surface area contributed by atoms with E-state index >= 15 is 0 Å². The largest absolute Gasteiger partial charge is 0.311 e. The Kier molecular flexibility index (Phi) is 2.50. The van der Waals surface area contributed by atoms with Gasteiger partial charge in [-0.25, -0.2) is 0 Å². The van der Waals surface area contributed by atoms with Crippen molar-refractivity contribution in [1.29, 1.82) is 0 Å². The Morgan fingerprint density at radius 3 is 2.93 bits per heavy atom. The van der Waals surface area contributed by atoms with Gasteiger partial charge in [-0.05, 0) is 31.0 Å². The molecular formula is C9H17N5. The summed E-state index contributed by atoms with van der Waals surface area (Å²) in [6.07, 6.45) is 4.51. The van der Waals surface area contributed by atoms with Crippen LogP contribution in [0.1, 0.15) is 32.0 Å². The first-order valence-electron chi connectivity index (χ1n) is 5.22. The van der Waals surface area contributed by atoms with Crippen molar-refractivity contribution in [2.75, 3.05) is 6.54 Å². The molecule has 1 fully saturated rings. The van der Waals surface area contributed by atoms with Crippen molar-refractivity contribution in [3.8, 4) is 0 Å². The lowest BCUT2D eigenvalue weighted by Gasteiger charge is -2.26. The predicted molar refractivity (Wildman–Crippen MR) is 52.8 cm³/mol. The van der Waals surface area contributed by atoms with Gasteiger partial charge in [0, 0.05) is 12.0 Å². The van der Waals surface area contributed by atoms with Crippen LogP contribution in [0, 0.1) is 0 Å². The van der Waals surface area contributed by atoms with E-state index in [-0.39, 0.29) is 5.54 Å². The van der Waals surface area contributed by atoms with Crippen LogP contribution in [0.3, 0.4) is 0 Å². The number of aromatic nitrogens is 4. The molecule has 0 aromatic carbocycles. The molecule has 1 aliphatic heterocycles. The first-order chi connectivity index (χ1) is 6.74. The van der Waals surface area contributed by atoms with Crippen LogP contribution >= 0.6 is 0 Å². The van der Waals surface area contributed by atoms with Gasteiger partial charge in [0.05, 0.1) is 7.05 Å². The Morgan fingerprint density at radius 1 is 1.57 bits per heavy atom. The third kappa shape index (κ3) is 1.77.